The lowest BCUT2D eigenvalue weighted by Crippen LogP contribution is -2.48. The van der Waals surface area contributed by atoms with Crippen LogP contribution in [-0.2, 0) is 0 Å². The summed E-state index contributed by atoms with van der Waals surface area (Å²) in [6, 6.07) is 19.3. The summed E-state index contributed by atoms with van der Waals surface area (Å²) in [5, 5.41) is 22.2. The molecule has 1 aromatic heterocycles. The van der Waals surface area contributed by atoms with Gasteiger partial charge < -0.3 is 24.6 Å². The van der Waals surface area contributed by atoms with Crippen molar-refractivity contribution in [2.24, 2.45) is 0 Å². The van der Waals surface area contributed by atoms with Crippen molar-refractivity contribution in [3.05, 3.63) is 65.5 Å². The van der Waals surface area contributed by atoms with Gasteiger partial charge in [-0.3, -0.25) is 4.79 Å². The molecule has 8 heteroatoms. The standard InChI is InChI=1S/C24H23BN2O4S/c1-31-18-8-6-17(7-9-18)26-10-12-27(13-11-26)24(28)22-15-16-14-21(25(29)30)19-4-2-3-5-20(19)23(16)32-22/h2-9,14-15,29-30H,10-13H2,1H3. The molecule has 1 aliphatic heterocycles. The highest BCUT2D eigenvalue weighted by Crippen LogP contribution is 2.33. The molecular weight excluding hydrogens is 423 g/mol. The number of anilines is 1. The van der Waals surface area contributed by atoms with Crippen molar-refractivity contribution in [2.45, 2.75) is 0 Å². The Morgan fingerprint density at radius 1 is 0.969 bits per heavy atom. The first-order valence-electron chi connectivity index (χ1n) is 10.5. The monoisotopic (exact) mass is 446 g/mol. The molecule has 1 amide bonds. The van der Waals surface area contributed by atoms with Crippen LogP contribution in [0.15, 0.2) is 60.7 Å². The Labute approximate surface area is 190 Å². The molecule has 6 nitrogen and oxygen atoms in total. The maximum Gasteiger partial charge on any atom is 0.489 e. The minimum atomic E-state index is -1.56. The van der Waals surface area contributed by atoms with Gasteiger partial charge in [0.1, 0.15) is 5.75 Å². The van der Waals surface area contributed by atoms with E-state index in [1.54, 1.807) is 13.2 Å². The van der Waals surface area contributed by atoms with E-state index >= 15 is 0 Å². The zero-order valence-corrected chi connectivity index (χ0v) is 18.5. The molecule has 1 aliphatic rings. The molecule has 32 heavy (non-hydrogen) atoms. The van der Waals surface area contributed by atoms with Crippen LogP contribution in [0, 0.1) is 0 Å². The van der Waals surface area contributed by atoms with Gasteiger partial charge in [0.05, 0.1) is 12.0 Å². The number of piperazine rings is 1. The topological polar surface area (TPSA) is 73.2 Å². The van der Waals surface area contributed by atoms with Gasteiger partial charge in [0.25, 0.3) is 5.91 Å². The van der Waals surface area contributed by atoms with Crippen molar-refractivity contribution >= 4 is 56.4 Å². The first-order chi connectivity index (χ1) is 15.5. The average molecular weight is 446 g/mol. The average Bonchev–Trinajstić information content (AvgIpc) is 3.28. The van der Waals surface area contributed by atoms with Gasteiger partial charge in [0, 0.05) is 36.6 Å². The minimum absolute atomic E-state index is 0.0239. The first kappa shape index (κ1) is 20.8. The molecule has 0 spiro atoms. The minimum Gasteiger partial charge on any atom is -0.497 e. The molecule has 0 atom stereocenters. The molecular formula is C24H23BN2O4S. The predicted octanol–water partition coefficient (Wildman–Crippen LogP) is 2.71. The van der Waals surface area contributed by atoms with Crippen molar-refractivity contribution in [1.29, 1.82) is 0 Å². The molecule has 3 aromatic carbocycles. The van der Waals surface area contributed by atoms with Gasteiger partial charge in [-0.1, -0.05) is 30.3 Å². The third-order valence-corrected chi connectivity index (χ3v) is 7.22. The molecule has 162 valence electrons. The highest BCUT2D eigenvalue weighted by atomic mass is 32.1. The molecule has 2 N–H and O–H groups in total. The summed E-state index contributed by atoms with van der Waals surface area (Å²) in [4.78, 5) is 18.1. The summed E-state index contributed by atoms with van der Waals surface area (Å²) in [6.07, 6.45) is 0. The lowest BCUT2D eigenvalue weighted by atomic mass is 9.76. The Bertz CT molecular complexity index is 1280. The number of nitrogens with zero attached hydrogens (tertiary/aromatic N) is 2. The Morgan fingerprint density at radius 3 is 2.31 bits per heavy atom. The Morgan fingerprint density at radius 2 is 1.66 bits per heavy atom. The van der Waals surface area contributed by atoms with E-state index in [4.69, 9.17) is 4.74 Å². The van der Waals surface area contributed by atoms with Crippen LogP contribution in [0.25, 0.3) is 20.9 Å². The van der Waals surface area contributed by atoms with Gasteiger partial charge in [0.2, 0.25) is 0 Å². The lowest BCUT2D eigenvalue weighted by molar-refractivity contribution is 0.0751. The molecule has 2 heterocycles. The Balaban J connectivity index is 1.38. The quantitative estimate of drug-likeness (QED) is 0.472. The number of ether oxygens (including phenoxy) is 1. The number of carbonyl (C=O) groups excluding carboxylic acids is 1. The van der Waals surface area contributed by atoms with Crippen LogP contribution < -0.4 is 15.1 Å². The Hall–Kier alpha value is -3.07. The summed E-state index contributed by atoms with van der Waals surface area (Å²) >= 11 is 1.47. The number of thiophene rings is 1. The Kier molecular flexibility index (Phi) is 5.51. The second-order valence-corrected chi connectivity index (χ2v) is 8.94. The zero-order valence-electron chi connectivity index (χ0n) is 17.7. The highest BCUT2D eigenvalue weighted by molar-refractivity contribution is 7.21. The lowest BCUT2D eigenvalue weighted by Gasteiger charge is -2.36. The second kappa shape index (κ2) is 8.46. The molecule has 1 saturated heterocycles. The molecule has 4 aromatic rings. The van der Waals surface area contributed by atoms with Crippen LogP contribution in [0.2, 0.25) is 0 Å². The predicted molar refractivity (Wildman–Crippen MR) is 130 cm³/mol. The molecule has 0 bridgehead atoms. The van der Waals surface area contributed by atoms with Gasteiger partial charge in [-0.25, -0.2) is 0 Å². The number of amides is 1. The van der Waals surface area contributed by atoms with Crippen LogP contribution in [0.3, 0.4) is 0 Å². The highest BCUT2D eigenvalue weighted by Gasteiger charge is 2.25. The maximum absolute atomic E-state index is 13.3. The number of hydrogen-bond donors (Lipinski definition) is 2. The fraction of sp³-hybridized carbons (Fsp3) is 0.208. The van der Waals surface area contributed by atoms with Crippen molar-refractivity contribution in [2.75, 3.05) is 38.2 Å². The third kappa shape index (κ3) is 3.70. The number of hydrogen-bond acceptors (Lipinski definition) is 6. The summed E-state index contributed by atoms with van der Waals surface area (Å²) in [5.41, 5.74) is 1.58. The number of benzene rings is 3. The molecule has 0 aliphatic carbocycles. The van der Waals surface area contributed by atoms with Crippen molar-refractivity contribution in [3.63, 3.8) is 0 Å². The fourth-order valence-electron chi connectivity index (χ4n) is 4.34. The van der Waals surface area contributed by atoms with E-state index < -0.39 is 7.12 Å². The third-order valence-electron chi connectivity index (χ3n) is 6.05. The smallest absolute Gasteiger partial charge is 0.489 e. The zero-order chi connectivity index (χ0) is 22.2. The van der Waals surface area contributed by atoms with Crippen LogP contribution in [-0.4, -0.2) is 61.3 Å². The summed E-state index contributed by atoms with van der Waals surface area (Å²) in [7, 11) is 0.0949. The number of carbonyl (C=O) groups is 1. The van der Waals surface area contributed by atoms with Crippen LogP contribution in [0.4, 0.5) is 5.69 Å². The molecule has 0 unspecified atom stereocenters. The number of rotatable bonds is 4. The van der Waals surface area contributed by atoms with Crippen molar-refractivity contribution in [3.8, 4) is 5.75 Å². The van der Waals surface area contributed by atoms with E-state index in [2.05, 4.69) is 4.90 Å². The van der Waals surface area contributed by atoms with E-state index in [-0.39, 0.29) is 5.91 Å². The summed E-state index contributed by atoms with van der Waals surface area (Å²) < 4.78 is 6.22. The van der Waals surface area contributed by atoms with Gasteiger partial charge >= 0.3 is 7.12 Å². The van der Waals surface area contributed by atoms with Crippen LogP contribution in [0.1, 0.15) is 9.67 Å². The summed E-state index contributed by atoms with van der Waals surface area (Å²) in [6.45, 7) is 2.85. The van der Waals surface area contributed by atoms with E-state index in [0.29, 0.717) is 23.4 Å². The van der Waals surface area contributed by atoms with Crippen LogP contribution >= 0.6 is 11.3 Å². The molecule has 0 saturated carbocycles. The number of methoxy groups -OCH3 is 1. The summed E-state index contributed by atoms with van der Waals surface area (Å²) in [5.74, 6) is 0.854. The fourth-order valence-corrected chi connectivity index (χ4v) is 5.48. The molecule has 5 rings (SSSR count). The molecule has 0 radical (unpaired) electrons. The SMILES string of the molecule is COc1ccc(N2CCN(C(=O)c3cc4cc(B(O)O)c5ccccc5c4s3)CC2)cc1. The van der Waals surface area contributed by atoms with Gasteiger partial charge in [-0.2, -0.15) is 0 Å². The maximum atomic E-state index is 13.3. The van der Waals surface area contributed by atoms with Gasteiger partial charge in [-0.15, -0.1) is 11.3 Å². The van der Waals surface area contributed by atoms with Crippen molar-refractivity contribution < 1.29 is 19.6 Å². The van der Waals surface area contributed by atoms with E-state index in [0.717, 1.165) is 45.4 Å². The second-order valence-electron chi connectivity index (χ2n) is 7.89. The molecule has 1 fully saturated rings. The van der Waals surface area contributed by atoms with Crippen LogP contribution in [0.5, 0.6) is 5.75 Å². The normalized spacial score (nSPS) is 14.2. The van der Waals surface area contributed by atoms with E-state index in [1.807, 2.05) is 59.5 Å². The number of fused-ring (bicyclic) bond motifs is 3. The van der Waals surface area contributed by atoms with Gasteiger partial charge in [-0.05, 0) is 52.0 Å². The van der Waals surface area contributed by atoms with Crippen molar-refractivity contribution in [1.82, 2.24) is 4.90 Å². The van der Waals surface area contributed by atoms with Gasteiger partial charge in [0.15, 0.2) is 0 Å². The first-order valence-corrected chi connectivity index (χ1v) is 11.4. The largest absolute Gasteiger partial charge is 0.497 e. The van der Waals surface area contributed by atoms with E-state index in [9.17, 15) is 14.8 Å². The van der Waals surface area contributed by atoms with E-state index in [1.165, 1.54) is 11.3 Å².